The Balaban J connectivity index is 1.61. The van der Waals surface area contributed by atoms with Crippen LogP contribution in [0.2, 0.25) is 0 Å². The molecular weight excluding hydrogens is 462 g/mol. The highest BCUT2D eigenvalue weighted by Gasteiger charge is 2.31. The second-order valence-electron chi connectivity index (χ2n) is 8.70. The van der Waals surface area contributed by atoms with E-state index < -0.39 is 10.0 Å². The molecule has 0 aliphatic heterocycles. The lowest BCUT2D eigenvalue weighted by Crippen LogP contribution is -2.16. The lowest BCUT2D eigenvalue weighted by Gasteiger charge is -2.14. The zero-order chi connectivity index (χ0) is 24.6. The Morgan fingerprint density at radius 1 is 1.17 bits per heavy atom. The molecule has 0 atom stereocenters. The van der Waals surface area contributed by atoms with E-state index in [9.17, 15) is 13.7 Å². The highest BCUT2D eigenvalue weighted by atomic mass is 32.2. The maximum Gasteiger partial charge on any atom is 0.321 e. The van der Waals surface area contributed by atoms with Gasteiger partial charge in [-0.3, -0.25) is 4.72 Å². The first-order valence-electron chi connectivity index (χ1n) is 11.5. The fourth-order valence-electron chi connectivity index (χ4n) is 4.38. The van der Waals surface area contributed by atoms with Crippen LogP contribution in [0, 0.1) is 18.3 Å². The minimum atomic E-state index is -3.39. The van der Waals surface area contributed by atoms with Crippen LogP contribution in [0.5, 0.6) is 11.8 Å². The Morgan fingerprint density at radius 3 is 2.60 bits per heavy atom. The number of hydrogen-bond acceptors (Lipinski definition) is 6. The van der Waals surface area contributed by atoms with E-state index in [2.05, 4.69) is 25.3 Å². The molecule has 0 amide bonds. The monoisotopic (exact) mass is 487 g/mol. The van der Waals surface area contributed by atoms with Crippen LogP contribution in [-0.4, -0.2) is 28.7 Å². The second-order valence-corrected chi connectivity index (χ2v) is 10.5. The number of ether oxygens (including phenoxy) is 1. The third-order valence-corrected chi connectivity index (χ3v) is 7.47. The summed E-state index contributed by atoms with van der Waals surface area (Å²) in [4.78, 5) is 8.25. The largest absolute Gasteiger partial charge is 0.424 e. The minimum Gasteiger partial charge on any atom is -0.424 e. The smallest absolute Gasteiger partial charge is 0.321 e. The first-order chi connectivity index (χ1) is 16.9. The molecule has 0 radical (unpaired) electrons. The minimum absolute atomic E-state index is 0.0702. The number of hydrogen-bond donors (Lipinski definition) is 1. The van der Waals surface area contributed by atoms with Gasteiger partial charge in [-0.1, -0.05) is 13.0 Å². The van der Waals surface area contributed by atoms with Crippen LogP contribution in [0.1, 0.15) is 43.4 Å². The molecule has 2 heterocycles. The van der Waals surface area contributed by atoms with Crippen molar-refractivity contribution in [3.8, 4) is 29.1 Å². The number of nitriles is 1. The van der Waals surface area contributed by atoms with Crippen molar-refractivity contribution in [2.24, 2.45) is 0 Å². The summed E-state index contributed by atoms with van der Waals surface area (Å²) in [6.45, 7) is 3.77. The highest BCUT2D eigenvalue weighted by molar-refractivity contribution is 7.92. The molecule has 0 spiro atoms. The first kappa shape index (κ1) is 22.9. The van der Waals surface area contributed by atoms with E-state index in [0.717, 1.165) is 40.6 Å². The van der Waals surface area contributed by atoms with Crippen LogP contribution < -0.4 is 9.46 Å². The van der Waals surface area contributed by atoms with Crippen molar-refractivity contribution < 1.29 is 13.2 Å². The molecule has 0 bridgehead atoms. The van der Waals surface area contributed by atoms with Crippen molar-refractivity contribution in [2.75, 3.05) is 10.5 Å². The number of nitrogens with zero attached hydrogens (tertiary/aromatic N) is 4. The van der Waals surface area contributed by atoms with Crippen molar-refractivity contribution in [2.45, 2.75) is 39.2 Å². The Labute approximate surface area is 204 Å². The van der Waals surface area contributed by atoms with Gasteiger partial charge in [0.2, 0.25) is 10.0 Å². The van der Waals surface area contributed by atoms with E-state index in [4.69, 9.17) is 4.74 Å². The number of fused-ring (bicyclic) bond motifs is 1. The molecule has 1 fully saturated rings. The molecule has 35 heavy (non-hydrogen) atoms. The van der Waals surface area contributed by atoms with Gasteiger partial charge >= 0.3 is 6.01 Å². The van der Waals surface area contributed by atoms with Crippen molar-refractivity contribution in [1.29, 1.82) is 5.26 Å². The van der Waals surface area contributed by atoms with Crippen molar-refractivity contribution in [3.63, 3.8) is 0 Å². The standard InChI is InChI=1S/C26H25N5O3S/c1-3-13-35(32,33)30-18-5-9-21(17(2)14-18)25-23(16-27)22-10-8-20(34-26-28-11-4-12-29-26)15-24(22)31(25)19-6-7-19/h4-5,8-12,14-15,19,30H,3,6-7,13H2,1-2H3. The molecule has 0 unspecified atom stereocenters. The summed E-state index contributed by atoms with van der Waals surface area (Å²) in [5.41, 5.74) is 4.66. The number of rotatable bonds is 8. The predicted molar refractivity (Wildman–Crippen MR) is 135 cm³/mol. The van der Waals surface area contributed by atoms with Crippen LogP contribution in [0.4, 0.5) is 5.69 Å². The normalized spacial score (nSPS) is 13.5. The second kappa shape index (κ2) is 9.04. The molecule has 2 aromatic carbocycles. The van der Waals surface area contributed by atoms with Gasteiger partial charge in [0.25, 0.3) is 0 Å². The molecule has 1 N–H and O–H groups in total. The van der Waals surface area contributed by atoms with Gasteiger partial charge in [0.05, 0.1) is 22.5 Å². The van der Waals surface area contributed by atoms with Gasteiger partial charge in [-0.05, 0) is 62.1 Å². The zero-order valence-corrected chi connectivity index (χ0v) is 20.3. The molecule has 4 aromatic rings. The molecule has 0 saturated heterocycles. The Kier molecular flexibility index (Phi) is 5.91. The van der Waals surface area contributed by atoms with Gasteiger partial charge in [0.15, 0.2) is 0 Å². The van der Waals surface area contributed by atoms with Gasteiger partial charge in [0.1, 0.15) is 11.8 Å². The molecule has 1 aliphatic carbocycles. The van der Waals surface area contributed by atoms with Gasteiger partial charge in [-0.25, -0.2) is 18.4 Å². The number of sulfonamides is 1. The first-order valence-corrected chi connectivity index (χ1v) is 13.2. The fourth-order valence-corrected chi connectivity index (χ4v) is 5.51. The number of benzene rings is 2. The van der Waals surface area contributed by atoms with E-state index in [1.165, 1.54) is 0 Å². The molecule has 1 aliphatic rings. The highest BCUT2D eigenvalue weighted by Crippen LogP contribution is 2.46. The number of nitrogens with one attached hydrogen (secondary N) is 1. The Hall–Kier alpha value is -3.90. The quantitative estimate of drug-likeness (QED) is 0.349. The average Bonchev–Trinajstić information content (AvgIpc) is 3.61. The molecule has 5 rings (SSSR count). The fraction of sp³-hybridized carbons (Fsp3) is 0.269. The molecule has 178 valence electrons. The molecule has 2 aromatic heterocycles. The van der Waals surface area contributed by atoms with E-state index in [-0.39, 0.29) is 11.8 Å². The predicted octanol–water partition coefficient (Wildman–Crippen LogP) is 5.56. The van der Waals surface area contributed by atoms with Crippen LogP contribution >= 0.6 is 0 Å². The summed E-state index contributed by atoms with van der Waals surface area (Å²) in [6, 6.07) is 15.8. The van der Waals surface area contributed by atoms with E-state index >= 15 is 0 Å². The van der Waals surface area contributed by atoms with Crippen LogP contribution in [0.25, 0.3) is 22.2 Å². The van der Waals surface area contributed by atoms with Gasteiger partial charge < -0.3 is 9.30 Å². The summed E-state index contributed by atoms with van der Waals surface area (Å²) >= 11 is 0. The van der Waals surface area contributed by atoms with Crippen LogP contribution in [-0.2, 0) is 10.0 Å². The third-order valence-electron chi connectivity index (χ3n) is 5.98. The number of aromatic nitrogens is 3. The maximum atomic E-state index is 12.2. The number of aryl methyl sites for hydroxylation is 1. The summed E-state index contributed by atoms with van der Waals surface area (Å²) in [5.74, 6) is 0.664. The van der Waals surface area contributed by atoms with Crippen molar-refractivity contribution in [3.05, 3.63) is 66.0 Å². The molecule has 1 saturated carbocycles. The maximum absolute atomic E-state index is 12.2. The topological polar surface area (TPSA) is 110 Å². The lowest BCUT2D eigenvalue weighted by atomic mass is 10.0. The molecule has 9 heteroatoms. The molecule has 8 nitrogen and oxygen atoms in total. The third kappa shape index (κ3) is 4.57. The summed E-state index contributed by atoms with van der Waals surface area (Å²) < 4.78 is 35.2. The number of anilines is 1. The van der Waals surface area contributed by atoms with E-state index in [0.29, 0.717) is 29.5 Å². The SMILES string of the molecule is CCCS(=O)(=O)Nc1ccc(-c2c(C#N)c3ccc(Oc4ncccn4)cc3n2C2CC2)c(C)c1. The zero-order valence-electron chi connectivity index (χ0n) is 19.5. The van der Waals surface area contributed by atoms with Crippen molar-refractivity contribution >= 4 is 26.6 Å². The Bertz CT molecular complexity index is 1550. The Morgan fingerprint density at radius 2 is 1.94 bits per heavy atom. The van der Waals surface area contributed by atoms with Crippen LogP contribution in [0.3, 0.4) is 0 Å². The van der Waals surface area contributed by atoms with E-state index in [1.54, 1.807) is 24.5 Å². The van der Waals surface area contributed by atoms with Gasteiger partial charge in [-0.2, -0.15) is 5.26 Å². The van der Waals surface area contributed by atoms with Crippen molar-refractivity contribution in [1.82, 2.24) is 14.5 Å². The summed E-state index contributed by atoms with van der Waals surface area (Å²) in [6.07, 6.45) is 5.84. The summed E-state index contributed by atoms with van der Waals surface area (Å²) in [7, 11) is -3.39. The average molecular weight is 488 g/mol. The lowest BCUT2D eigenvalue weighted by molar-refractivity contribution is 0.442. The van der Waals surface area contributed by atoms with Gasteiger partial charge in [0, 0.05) is 41.1 Å². The molecular formula is C26H25N5O3S. The van der Waals surface area contributed by atoms with Gasteiger partial charge in [-0.15, -0.1) is 0 Å². The summed E-state index contributed by atoms with van der Waals surface area (Å²) in [5, 5.41) is 11.0. The van der Waals surface area contributed by atoms with E-state index in [1.807, 2.05) is 44.2 Å². The van der Waals surface area contributed by atoms with Crippen LogP contribution in [0.15, 0.2) is 54.9 Å².